The minimum absolute atomic E-state index is 0.219. The largest absolute Gasteiger partial charge is 0.323 e. The number of amides is 3. The minimum Gasteiger partial charge on any atom is -0.323 e. The molecular weight excluding hydrogens is 278 g/mol. The molecular formula is C17H17N3O2. The molecule has 0 spiro atoms. The van der Waals surface area contributed by atoms with Gasteiger partial charge in [-0.2, -0.15) is 0 Å². The highest BCUT2D eigenvalue weighted by Gasteiger charge is 2.32. The zero-order chi connectivity index (χ0) is 15.7. The summed E-state index contributed by atoms with van der Waals surface area (Å²) in [6, 6.07) is 12.0. The van der Waals surface area contributed by atoms with E-state index in [4.69, 9.17) is 0 Å². The summed E-state index contributed by atoms with van der Waals surface area (Å²) >= 11 is 0. The molecule has 1 unspecified atom stereocenters. The summed E-state index contributed by atoms with van der Waals surface area (Å²) < 4.78 is 0. The van der Waals surface area contributed by atoms with E-state index in [0.29, 0.717) is 5.69 Å². The lowest BCUT2D eigenvalue weighted by Crippen LogP contribution is -2.36. The lowest BCUT2D eigenvalue weighted by molar-refractivity contribution is -0.117. The molecule has 0 saturated heterocycles. The Kier molecular flexibility index (Phi) is 3.55. The van der Waals surface area contributed by atoms with E-state index in [-0.39, 0.29) is 5.91 Å². The van der Waals surface area contributed by atoms with E-state index >= 15 is 0 Å². The van der Waals surface area contributed by atoms with Crippen LogP contribution in [0.4, 0.5) is 16.2 Å². The highest BCUT2D eigenvalue weighted by molar-refractivity contribution is 6.06. The number of fused-ring (bicyclic) bond motifs is 1. The third-order valence-electron chi connectivity index (χ3n) is 3.71. The van der Waals surface area contributed by atoms with Crippen LogP contribution in [0.2, 0.25) is 0 Å². The fraction of sp³-hybridized carbons (Fsp3) is 0.176. The Morgan fingerprint density at radius 2 is 1.82 bits per heavy atom. The highest BCUT2D eigenvalue weighted by atomic mass is 16.2. The van der Waals surface area contributed by atoms with E-state index in [1.807, 2.05) is 56.3 Å². The van der Waals surface area contributed by atoms with Gasteiger partial charge in [0.1, 0.15) is 6.04 Å². The van der Waals surface area contributed by atoms with Crippen LogP contribution in [0.25, 0.3) is 0 Å². The second-order valence-electron chi connectivity index (χ2n) is 5.43. The van der Waals surface area contributed by atoms with Gasteiger partial charge in [-0.1, -0.05) is 35.9 Å². The second-order valence-corrected chi connectivity index (χ2v) is 5.43. The molecule has 0 saturated carbocycles. The molecule has 2 aromatic rings. The first-order valence-electron chi connectivity index (χ1n) is 7.09. The van der Waals surface area contributed by atoms with Crippen LogP contribution in [0.3, 0.4) is 0 Å². The Balaban J connectivity index is 1.74. The SMILES string of the molecule is Cc1ccc(NC(=O)NC2C(=O)Nc3c(C)cccc32)cc1. The predicted octanol–water partition coefficient (Wildman–Crippen LogP) is 3.12. The summed E-state index contributed by atoms with van der Waals surface area (Å²) in [5, 5.41) is 8.26. The number of carbonyl (C=O) groups is 2. The molecule has 112 valence electrons. The van der Waals surface area contributed by atoms with Crippen LogP contribution in [-0.4, -0.2) is 11.9 Å². The fourth-order valence-electron chi connectivity index (χ4n) is 2.52. The number of hydrogen-bond donors (Lipinski definition) is 3. The Labute approximate surface area is 128 Å². The number of nitrogens with one attached hydrogen (secondary N) is 3. The van der Waals surface area contributed by atoms with Crippen molar-refractivity contribution in [3.63, 3.8) is 0 Å². The zero-order valence-corrected chi connectivity index (χ0v) is 12.4. The normalized spacial score (nSPS) is 15.9. The lowest BCUT2D eigenvalue weighted by atomic mass is 10.1. The molecule has 3 N–H and O–H groups in total. The number of urea groups is 1. The Morgan fingerprint density at radius 3 is 2.55 bits per heavy atom. The second kappa shape index (κ2) is 5.52. The monoisotopic (exact) mass is 295 g/mol. The van der Waals surface area contributed by atoms with E-state index in [2.05, 4.69) is 16.0 Å². The average molecular weight is 295 g/mol. The molecule has 1 aliphatic heterocycles. The predicted molar refractivity (Wildman–Crippen MR) is 85.9 cm³/mol. The van der Waals surface area contributed by atoms with Crippen molar-refractivity contribution >= 4 is 23.3 Å². The number of para-hydroxylation sites is 1. The molecule has 0 fully saturated rings. The average Bonchev–Trinajstić information content (AvgIpc) is 2.80. The van der Waals surface area contributed by atoms with Gasteiger partial charge in [-0.15, -0.1) is 0 Å². The number of carbonyl (C=O) groups excluding carboxylic acids is 2. The van der Waals surface area contributed by atoms with Gasteiger partial charge in [0.25, 0.3) is 5.91 Å². The van der Waals surface area contributed by atoms with Crippen LogP contribution >= 0.6 is 0 Å². The highest BCUT2D eigenvalue weighted by Crippen LogP contribution is 2.33. The summed E-state index contributed by atoms with van der Waals surface area (Å²) in [5.41, 5.74) is 4.36. The Morgan fingerprint density at radius 1 is 1.09 bits per heavy atom. The number of anilines is 2. The summed E-state index contributed by atoms with van der Waals surface area (Å²) in [5.74, 6) is -0.219. The summed E-state index contributed by atoms with van der Waals surface area (Å²) in [6.07, 6.45) is 0. The number of benzene rings is 2. The van der Waals surface area contributed by atoms with Crippen molar-refractivity contribution in [1.82, 2.24) is 5.32 Å². The summed E-state index contributed by atoms with van der Waals surface area (Å²) in [4.78, 5) is 24.2. The van der Waals surface area contributed by atoms with Crippen LogP contribution in [0.1, 0.15) is 22.7 Å². The maximum atomic E-state index is 12.1. The van der Waals surface area contributed by atoms with E-state index in [1.54, 1.807) is 0 Å². The van der Waals surface area contributed by atoms with Gasteiger partial charge in [-0.3, -0.25) is 4.79 Å². The first-order chi connectivity index (χ1) is 10.5. The van der Waals surface area contributed by atoms with Crippen molar-refractivity contribution < 1.29 is 9.59 Å². The van der Waals surface area contributed by atoms with Gasteiger partial charge in [-0.25, -0.2) is 4.79 Å². The van der Waals surface area contributed by atoms with Crippen molar-refractivity contribution in [1.29, 1.82) is 0 Å². The zero-order valence-electron chi connectivity index (χ0n) is 12.4. The minimum atomic E-state index is -0.666. The van der Waals surface area contributed by atoms with Crippen LogP contribution in [0.5, 0.6) is 0 Å². The van der Waals surface area contributed by atoms with Crippen molar-refractivity contribution in [3.05, 3.63) is 59.2 Å². The van der Waals surface area contributed by atoms with Gasteiger partial charge in [0, 0.05) is 16.9 Å². The number of aryl methyl sites for hydroxylation is 2. The van der Waals surface area contributed by atoms with Crippen molar-refractivity contribution in [2.75, 3.05) is 10.6 Å². The molecule has 1 atom stereocenters. The topological polar surface area (TPSA) is 70.2 Å². The van der Waals surface area contributed by atoms with Gasteiger partial charge in [0.05, 0.1) is 0 Å². The van der Waals surface area contributed by atoms with Gasteiger partial charge in [0.2, 0.25) is 0 Å². The molecule has 2 aromatic carbocycles. The molecule has 1 heterocycles. The number of hydrogen-bond acceptors (Lipinski definition) is 2. The van der Waals surface area contributed by atoms with Crippen molar-refractivity contribution in [2.24, 2.45) is 0 Å². The van der Waals surface area contributed by atoms with E-state index < -0.39 is 12.1 Å². The first-order valence-corrected chi connectivity index (χ1v) is 7.09. The number of rotatable bonds is 2. The maximum absolute atomic E-state index is 12.1. The van der Waals surface area contributed by atoms with Crippen LogP contribution < -0.4 is 16.0 Å². The van der Waals surface area contributed by atoms with Crippen molar-refractivity contribution in [2.45, 2.75) is 19.9 Å². The van der Waals surface area contributed by atoms with Crippen LogP contribution in [0, 0.1) is 13.8 Å². The lowest BCUT2D eigenvalue weighted by Gasteiger charge is -2.13. The third kappa shape index (κ3) is 2.65. The smallest absolute Gasteiger partial charge is 0.320 e. The van der Waals surface area contributed by atoms with Gasteiger partial charge < -0.3 is 16.0 Å². The molecule has 0 bridgehead atoms. The summed E-state index contributed by atoms with van der Waals surface area (Å²) in [7, 11) is 0. The maximum Gasteiger partial charge on any atom is 0.320 e. The van der Waals surface area contributed by atoms with E-state index in [0.717, 1.165) is 22.4 Å². The third-order valence-corrected chi connectivity index (χ3v) is 3.71. The quantitative estimate of drug-likeness (QED) is 0.796. The molecule has 22 heavy (non-hydrogen) atoms. The molecule has 5 heteroatoms. The van der Waals surface area contributed by atoms with E-state index in [1.165, 1.54) is 0 Å². The molecule has 3 rings (SSSR count). The van der Waals surface area contributed by atoms with Crippen LogP contribution in [0.15, 0.2) is 42.5 Å². The van der Waals surface area contributed by atoms with Crippen molar-refractivity contribution in [3.8, 4) is 0 Å². The summed E-state index contributed by atoms with van der Waals surface area (Å²) in [6.45, 7) is 3.90. The van der Waals surface area contributed by atoms with Gasteiger partial charge in [-0.05, 0) is 31.5 Å². The Hall–Kier alpha value is -2.82. The Bertz CT molecular complexity index is 738. The first kappa shape index (κ1) is 14.1. The standard InChI is InChI=1S/C17H17N3O2/c1-10-6-8-12(9-7-10)18-17(22)20-15-13-5-3-4-11(2)14(13)19-16(15)21/h3-9,15H,1-2H3,(H,19,21)(H2,18,20,22). The molecule has 0 aliphatic carbocycles. The van der Waals surface area contributed by atoms with Crippen LogP contribution in [-0.2, 0) is 4.79 Å². The molecule has 5 nitrogen and oxygen atoms in total. The molecule has 3 amide bonds. The van der Waals surface area contributed by atoms with Gasteiger partial charge in [0.15, 0.2) is 0 Å². The molecule has 1 aliphatic rings. The molecule has 0 aromatic heterocycles. The molecule has 0 radical (unpaired) electrons. The van der Waals surface area contributed by atoms with E-state index in [9.17, 15) is 9.59 Å². The fourth-order valence-corrected chi connectivity index (χ4v) is 2.52. The van der Waals surface area contributed by atoms with Gasteiger partial charge >= 0.3 is 6.03 Å².